The van der Waals surface area contributed by atoms with Crippen molar-refractivity contribution in [3.63, 3.8) is 0 Å². The van der Waals surface area contributed by atoms with Gasteiger partial charge in [0.2, 0.25) is 15.7 Å². The maximum Gasteiger partial charge on any atom is 0.341 e. The summed E-state index contributed by atoms with van der Waals surface area (Å²) in [5.74, 6) is -4.25. The highest BCUT2D eigenvalue weighted by atomic mass is 35.5. The van der Waals surface area contributed by atoms with Crippen LogP contribution in [-0.2, 0) is 14.6 Å². The van der Waals surface area contributed by atoms with Crippen molar-refractivity contribution in [3.05, 3.63) is 47.6 Å². The Kier molecular flexibility index (Phi) is 6.14. The van der Waals surface area contributed by atoms with Gasteiger partial charge in [0.05, 0.1) is 21.4 Å². The molecular formula is C14H11ClF2N2O3S2. The second kappa shape index (κ2) is 7.91. The summed E-state index contributed by atoms with van der Waals surface area (Å²) in [5, 5.41) is 3.12. The molecular weight excluding hydrogens is 382 g/mol. The molecule has 128 valence electrons. The van der Waals surface area contributed by atoms with Gasteiger partial charge in [0.25, 0.3) is 0 Å². The Morgan fingerprint density at radius 1 is 1.25 bits per heavy atom. The van der Waals surface area contributed by atoms with Gasteiger partial charge in [-0.25, -0.2) is 13.4 Å². The topological polar surface area (TPSA) is 76.1 Å². The van der Waals surface area contributed by atoms with Gasteiger partial charge < -0.3 is 5.32 Å². The Bertz CT molecular complexity index is 847. The summed E-state index contributed by atoms with van der Waals surface area (Å²) in [6.45, 7) is 0. The largest absolute Gasteiger partial charge is 0.341 e. The Hall–Kier alpha value is -1.71. The summed E-state index contributed by atoms with van der Waals surface area (Å²) >= 11 is 6.95. The molecule has 5 nitrogen and oxygen atoms in total. The van der Waals surface area contributed by atoms with Crippen LogP contribution in [0.2, 0.25) is 5.02 Å². The molecule has 0 aliphatic rings. The number of halogens is 3. The molecule has 0 aliphatic carbocycles. The molecule has 0 fully saturated rings. The summed E-state index contributed by atoms with van der Waals surface area (Å²) in [6.07, 6.45) is 1.51. The number of nitrogens with one attached hydrogen (secondary N) is 1. The van der Waals surface area contributed by atoms with Crippen molar-refractivity contribution in [1.82, 2.24) is 4.98 Å². The van der Waals surface area contributed by atoms with E-state index in [-0.39, 0.29) is 11.4 Å². The highest BCUT2D eigenvalue weighted by Crippen LogP contribution is 2.27. The molecule has 1 amide bonds. The summed E-state index contributed by atoms with van der Waals surface area (Å²) in [4.78, 5) is 15.3. The summed E-state index contributed by atoms with van der Waals surface area (Å²) in [6, 6.07) is 8.23. The SMILES string of the molecule is O=C(CSc1ncccc1Cl)Nc1ccccc1S(=O)(=O)C(F)F. The molecule has 0 atom stereocenters. The van der Waals surface area contributed by atoms with E-state index in [2.05, 4.69) is 10.3 Å². The van der Waals surface area contributed by atoms with Gasteiger partial charge in [-0.1, -0.05) is 35.5 Å². The van der Waals surface area contributed by atoms with E-state index in [1.54, 1.807) is 12.1 Å². The highest BCUT2D eigenvalue weighted by molar-refractivity contribution is 8.00. The van der Waals surface area contributed by atoms with Crippen LogP contribution >= 0.6 is 23.4 Å². The second-order valence-electron chi connectivity index (χ2n) is 4.43. The second-order valence-corrected chi connectivity index (χ2v) is 7.69. The standard InChI is InChI=1S/C14H11ClF2N2O3S2/c15-9-4-3-7-18-13(9)23-8-12(20)19-10-5-1-2-6-11(10)24(21,22)14(16)17/h1-7,14H,8H2,(H,19,20). The minimum atomic E-state index is -4.82. The van der Waals surface area contributed by atoms with Crippen molar-refractivity contribution in [3.8, 4) is 0 Å². The normalized spacial score (nSPS) is 11.5. The zero-order chi connectivity index (χ0) is 17.7. The maximum absolute atomic E-state index is 12.7. The number of benzene rings is 1. The third-order valence-corrected chi connectivity index (χ3v) is 5.63. The molecule has 0 bridgehead atoms. The van der Waals surface area contributed by atoms with Gasteiger partial charge in [-0.05, 0) is 24.3 Å². The van der Waals surface area contributed by atoms with E-state index in [9.17, 15) is 22.0 Å². The number of anilines is 1. The Morgan fingerprint density at radius 2 is 1.96 bits per heavy atom. The lowest BCUT2D eigenvalue weighted by Gasteiger charge is -2.11. The first kappa shape index (κ1) is 18.6. The highest BCUT2D eigenvalue weighted by Gasteiger charge is 2.29. The third kappa shape index (κ3) is 4.43. The van der Waals surface area contributed by atoms with Gasteiger partial charge in [-0.15, -0.1) is 0 Å². The molecule has 1 aromatic heterocycles. The lowest BCUT2D eigenvalue weighted by atomic mass is 10.3. The fraction of sp³-hybridized carbons (Fsp3) is 0.143. The Balaban J connectivity index is 2.12. The first-order valence-electron chi connectivity index (χ1n) is 6.46. The maximum atomic E-state index is 12.7. The number of nitrogens with zero attached hydrogens (tertiary/aromatic N) is 1. The van der Waals surface area contributed by atoms with Gasteiger partial charge in [-0.2, -0.15) is 8.78 Å². The quantitative estimate of drug-likeness (QED) is 0.762. The number of amides is 1. The van der Waals surface area contributed by atoms with Gasteiger partial charge in [0.15, 0.2) is 0 Å². The van der Waals surface area contributed by atoms with Gasteiger partial charge >= 0.3 is 5.76 Å². The molecule has 0 spiro atoms. The van der Waals surface area contributed by atoms with Gasteiger partial charge in [0.1, 0.15) is 5.03 Å². The van der Waals surface area contributed by atoms with E-state index in [4.69, 9.17) is 11.6 Å². The Labute approximate surface area is 146 Å². The Morgan fingerprint density at radius 3 is 2.62 bits per heavy atom. The molecule has 1 N–H and O–H groups in total. The molecule has 24 heavy (non-hydrogen) atoms. The fourth-order valence-corrected chi connectivity index (χ4v) is 3.56. The average Bonchev–Trinajstić information content (AvgIpc) is 2.54. The van der Waals surface area contributed by atoms with Gasteiger partial charge in [-0.3, -0.25) is 4.79 Å². The van der Waals surface area contributed by atoms with Crippen LogP contribution in [0.3, 0.4) is 0 Å². The fourth-order valence-electron chi connectivity index (χ4n) is 1.71. The molecule has 0 unspecified atom stereocenters. The predicted octanol–water partition coefficient (Wildman–Crippen LogP) is 3.46. The van der Waals surface area contributed by atoms with Gasteiger partial charge in [0, 0.05) is 6.20 Å². The van der Waals surface area contributed by atoms with Crippen molar-refractivity contribution >= 4 is 44.8 Å². The van der Waals surface area contributed by atoms with E-state index in [0.717, 1.165) is 17.8 Å². The van der Waals surface area contributed by atoms with Crippen molar-refractivity contribution < 1.29 is 22.0 Å². The number of alkyl halides is 2. The van der Waals surface area contributed by atoms with E-state index in [1.165, 1.54) is 24.4 Å². The van der Waals surface area contributed by atoms with E-state index in [1.807, 2.05) is 0 Å². The molecule has 2 rings (SSSR count). The zero-order valence-corrected chi connectivity index (χ0v) is 14.3. The molecule has 2 aromatic rings. The van der Waals surface area contributed by atoms with E-state index in [0.29, 0.717) is 10.0 Å². The molecule has 1 aromatic carbocycles. The summed E-state index contributed by atoms with van der Waals surface area (Å²) < 4.78 is 48.7. The van der Waals surface area contributed by atoms with Crippen LogP contribution in [0.15, 0.2) is 52.5 Å². The number of sulfone groups is 1. The summed E-state index contributed by atoms with van der Waals surface area (Å²) in [7, 11) is -4.82. The van der Waals surface area contributed by atoms with Crippen LogP contribution in [0.25, 0.3) is 0 Å². The van der Waals surface area contributed by atoms with Crippen LogP contribution in [0.5, 0.6) is 0 Å². The van der Waals surface area contributed by atoms with Crippen molar-refractivity contribution in [2.75, 3.05) is 11.1 Å². The number of pyridine rings is 1. The lowest BCUT2D eigenvalue weighted by molar-refractivity contribution is -0.113. The molecule has 0 aliphatic heterocycles. The number of carbonyl (C=O) groups excluding carboxylic acids is 1. The number of carbonyl (C=O) groups is 1. The number of aromatic nitrogens is 1. The zero-order valence-electron chi connectivity index (χ0n) is 11.9. The number of thioether (sulfide) groups is 1. The van der Waals surface area contributed by atoms with E-state index >= 15 is 0 Å². The monoisotopic (exact) mass is 392 g/mol. The predicted molar refractivity (Wildman–Crippen MR) is 88.2 cm³/mol. The van der Waals surface area contributed by atoms with E-state index < -0.39 is 26.4 Å². The van der Waals surface area contributed by atoms with Crippen LogP contribution in [0.4, 0.5) is 14.5 Å². The molecule has 10 heteroatoms. The molecule has 0 saturated heterocycles. The number of hydrogen-bond acceptors (Lipinski definition) is 5. The molecule has 1 heterocycles. The number of hydrogen-bond donors (Lipinski definition) is 1. The first-order chi connectivity index (χ1) is 11.3. The lowest BCUT2D eigenvalue weighted by Crippen LogP contribution is -2.19. The van der Waals surface area contributed by atoms with Crippen LogP contribution in [0, 0.1) is 0 Å². The smallest absolute Gasteiger partial charge is 0.324 e. The van der Waals surface area contributed by atoms with Crippen molar-refractivity contribution in [2.24, 2.45) is 0 Å². The van der Waals surface area contributed by atoms with Crippen LogP contribution in [0.1, 0.15) is 0 Å². The average molecular weight is 393 g/mol. The van der Waals surface area contributed by atoms with Crippen molar-refractivity contribution in [1.29, 1.82) is 0 Å². The molecule has 0 radical (unpaired) electrons. The first-order valence-corrected chi connectivity index (χ1v) is 9.37. The van der Waals surface area contributed by atoms with Crippen LogP contribution in [-0.4, -0.2) is 30.8 Å². The minimum Gasteiger partial charge on any atom is -0.324 e. The summed E-state index contributed by atoms with van der Waals surface area (Å²) in [5.41, 5.74) is -0.199. The molecule has 0 saturated carbocycles. The number of rotatable bonds is 6. The third-order valence-electron chi connectivity index (χ3n) is 2.77. The van der Waals surface area contributed by atoms with Crippen molar-refractivity contribution in [2.45, 2.75) is 15.7 Å². The number of para-hydroxylation sites is 1. The van der Waals surface area contributed by atoms with Crippen LogP contribution < -0.4 is 5.32 Å². The minimum absolute atomic E-state index is 0.111.